The van der Waals surface area contributed by atoms with E-state index in [1.807, 2.05) is 76.2 Å². The van der Waals surface area contributed by atoms with Crippen LogP contribution in [0.3, 0.4) is 0 Å². The molecule has 3 aromatic rings. The maximum Gasteiger partial charge on any atom is 0.158 e. The van der Waals surface area contributed by atoms with Gasteiger partial charge < -0.3 is 0 Å². The molecular weight excluding hydrogens is 451 g/mol. The molecule has 0 aliphatic rings. The highest BCUT2D eigenvalue weighted by atomic mass is 35.5. The lowest BCUT2D eigenvalue weighted by molar-refractivity contribution is 0.251. The lowest BCUT2D eigenvalue weighted by atomic mass is 9.86. The molecule has 0 saturated carbocycles. The molecule has 0 N–H and O–H groups in total. The van der Waals surface area contributed by atoms with Crippen LogP contribution in [0, 0.1) is 6.92 Å². The minimum absolute atomic E-state index is 0.420. The van der Waals surface area contributed by atoms with E-state index in [9.17, 15) is 0 Å². The predicted molar refractivity (Wildman–Crippen MR) is 154 cm³/mol. The van der Waals surface area contributed by atoms with Crippen molar-refractivity contribution >= 4 is 11.6 Å². The molecule has 0 amide bonds. The largest absolute Gasteiger partial charge is 0.234 e. The van der Waals surface area contributed by atoms with Gasteiger partial charge in [-0.3, -0.25) is 0 Å². The normalized spacial score (nSPS) is 12.8. The van der Waals surface area contributed by atoms with Crippen molar-refractivity contribution in [1.82, 2.24) is 0 Å². The third-order valence-corrected chi connectivity index (χ3v) is 6.37. The maximum atomic E-state index is 15.5. The number of hydrogen-bond donors (Lipinski definition) is 0. The molecule has 0 saturated heterocycles. The number of rotatable bonds is 8. The molecule has 0 aliphatic heterocycles. The van der Waals surface area contributed by atoms with Crippen molar-refractivity contribution in [1.29, 1.82) is 0 Å². The van der Waals surface area contributed by atoms with E-state index in [2.05, 4.69) is 44.7 Å². The van der Waals surface area contributed by atoms with Crippen molar-refractivity contribution < 1.29 is 4.39 Å². The molecule has 0 fully saturated rings. The maximum absolute atomic E-state index is 15.5. The van der Waals surface area contributed by atoms with Gasteiger partial charge in [0.2, 0.25) is 0 Å². The van der Waals surface area contributed by atoms with Gasteiger partial charge in [-0.05, 0) is 80.3 Å². The highest BCUT2D eigenvalue weighted by Crippen LogP contribution is 2.34. The fraction of sp³-hybridized carbons (Fsp3) is 0.394. The molecule has 0 spiro atoms. The fourth-order valence-electron chi connectivity index (χ4n) is 3.77. The Morgan fingerprint density at radius 3 is 1.91 bits per heavy atom. The van der Waals surface area contributed by atoms with E-state index in [0.717, 1.165) is 36.3 Å². The molecule has 0 heterocycles. The number of benzene rings is 3. The molecule has 2 atom stereocenters. The van der Waals surface area contributed by atoms with Crippen molar-refractivity contribution in [3.8, 4) is 0 Å². The molecular formula is C33H44ClF. The monoisotopic (exact) mass is 494 g/mol. The lowest BCUT2D eigenvalue weighted by Gasteiger charge is -2.23. The Hall–Kier alpha value is -2.38. The van der Waals surface area contributed by atoms with E-state index in [4.69, 9.17) is 11.6 Å². The Bertz CT molecular complexity index is 1000. The van der Waals surface area contributed by atoms with Crippen LogP contribution in [0.1, 0.15) is 94.5 Å². The summed E-state index contributed by atoms with van der Waals surface area (Å²) in [5, 5.41) is 0.778. The predicted octanol–water partition coefficient (Wildman–Crippen LogP) is 11.0. The minimum atomic E-state index is -1.50. The number of allylic oxidation sites excluding steroid dienone is 1. The summed E-state index contributed by atoms with van der Waals surface area (Å²) in [6.45, 7) is 17.7. The standard InChI is InChI=1S/C26H28ClF.C5H10.C2H6/c1-4-6-21(22-7-5-8-25(27)18-22)17-20-11-15-24(16-12-20)26(3,28)23-13-9-19(2)10-14-23;1-4-5(2)3;1-2/h5,7-16,18,21H,4,6,17H2,1-3H3;2,4H2,1,3H3;1-2H3. The number of aryl methyl sites for hydroxylation is 1. The minimum Gasteiger partial charge on any atom is -0.234 e. The first-order chi connectivity index (χ1) is 16.7. The molecule has 2 unspecified atom stereocenters. The van der Waals surface area contributed by atoms with Crippen LogP contribution in [0.2, 0.25) is 5.02 Å². The van der Waals surface area contributed by atoms with Crippen LogP contribution < -0.4 is 0 Å². The topological polar surface area (TPSA) is 0 Å². The van der Waals surface area contributed by atoms with Gasteiger partial charge in [0.15, 0.2) is 5.67 Å². The van der Waals surface area contributed by atoms with Crippen molar-refractivity contribution in [2.24, 2.45) is 0 Å². The Morgan fingerprint density at radius 1 is 0.943 bits per heavy atom. The van der Waals surface area contributed by atoms with Crippen molar-refractivity contribution in [2.75, 3.05) is 0 Å². The Balaban J connectivity index is 0.000000779. The first-order valence-corrected chi connectivity index (χ1v) is 13.3. The van der Waals surface area contributed by atoms with Gasteiger partial charge >= 0.3 is 0 Å². The smallest absolute Gasteiger partial charge is 0.158 e. The van der Waals surface area contributed by atoms with E-state index in [1.165, 1.54) is 16.7 Å². The average molecular weight is 495 g/mol. The second-order valence-electron chi connectivity index (χ2n) is 9.12. The SMILES string of the molecule is C=C(C)CC.CC.CCCC(Cc1ccc(C(C)(F)c2ccc(C)cc2)cc1)c1cccc(Cl)c1. The molecule has 190 valence electrons. The Morgan fingerprint density at radius 2 is 1.46 bits per heavy atom. The number of hydrogen-bond acceptors (Lipinski definition) is 0. The van der Waals surface area contributed by atoms with Gasteiger partial charge in [0.25, 0.3) is 0 Å². The molecule has 3 aromatic carbocycles. The molecule has 0 nitrogen and oxygen atoms in total. The zero-order valence-corrected chi connectivity index (χ0v) is 23.6. The zero-order valence-electron chi connectivity index (χ0n) is 22.8. The van der Waals surface area contributed by atoms with Crippen LogP contribution in [-0.4, -0.2) is 0 Å². The van der Waals surface area contributed by atoms with E-state index < -0.39 is 5.67 Å². The third-order valence-electron chi connectivity index (χ3n) is 6.13. The van der Waals surface area contributed by atoms with Crippen LogP contribution in [-0.2, 0) is 12.1 Å². The average Bonchev–Trinajstić information content (AvgIpc) is 2.86. The van der Waals surface area contributed by atoms with Gasteiger partial charge in [-0.1, -0.05) is 118 Å². The van der Waals surface area contributed by atoms with E-state index in [0.29, 0.717) is 17.0 Å². The summed E-state index contributed by atoms with van der Waals surface area (Å²) in [5.41, 5.74) is 4.77. The van der Waals surface area contributed by atoms with Crippen LogP contribution in [0.4, 0.5) is 4.39 Å². The van der Waals surface area contributed by atoms with Gasteiger partial charge in [0.05, 0.1) is 0 Å². The molecule has 3 rings (SSSR count). The van der Waals surface area contributed by atoms with Crippen LogP contribution in [0.5, 0.6) is 0 Å². The Kier molecular flexibility index (Phi) is 13.6. The first-order valence-electron chi connectivity index (χ1n) is 12.9. The van der Waals surface area contributed by atoms with Gasteiger partial charge in [0, 0.05) is 5.02 Å². The van der Waals surface area contributed by atoms with Gasteiger partial charge in [0.1, 0.15) is 0 Å². The van der Waals surface area contributed by atoms with Crippen LogP contribution in [0.15, 0.2) is 84.9 Å². The van der Waals surface area contributed by atoms with E-state index >= 15 is 4.39 Å². The van der Waals surface area contributed by atoms with Gasteiger partial charge in [-0.25, -0.2) is 4.39 Å². The highest BCUT2D eigenvalue weighted by molar-refractivity contribution is 6.30. The summed E-state index contributed by atoms with van der Waals surface area (Å²) >= 11 is 6.19. The quantitative estimate of drug-likeness (QED) is 0.273. The lowest BCUT2D eigenvalue weighted by Crippen LogP contribution is -2.17. The van der Waals surface area contributed by atoms with Crippen molar-refractivity contribution in [2.45, 2.75) is 85.7 Å². The highest BCUT2D eigenvalue weighted by Gasteiger charge is 2.28. The first kappa shape index (κ1) is 30.7. The molecule has 2 heteroatoms. The summed E-state index contributed by atoms with van der Waals surface area (Å²) < 4.78 is 15.5. The summed E-state index contributed by atoms with van der Waals surface area (Å²) in [4.78, 5) is 0. The molecule has 35 heavy (non-hydrogen) atoms. The van der Waals surface area contributed by atoms with Crippen LogP contribution in [0.25, 0.3) is 0 Å². The number of halogens is 2. The fourth-order valence-corrected chi connectivity index (χ4v) is 3.97. The summed E-state index contributed by atoms with van der Waals surface area (Å²) in [5.74, 6) is 0.420. The Labute approximate surface area is 219 Å². The van der Waals surface area contributed by atoms with E-state index in [1.54, 1.807) is 6.92 Å². The molecule has 0 aromatic heterocycles. The van der Waals surface area contributed by atoms with Crippen molar-refractivity contribution in [3.63, 3.8) is 0 Å². The van der Waals surface area contributed by atoms with Gasteiger partial charge in [-0.2, -0.15) is 0 Å². The summed E-state index contributed by atoms with van der Waals surface area (Å²) in [7, 11) is 0. The van der Waals surface area contributed by atoms with E-state index in [-0.39, 0.29) is 0 Å². The van der Waals surface area contributed by atoms with Crippen LogP contribution >= 0.6 is 11.6 Å². The second-order valence-corrected chi connectivity index (χ2v) is 9.56. The number of alkyl halides is 1. The summed E-state index contributed by atoms with van der Waals surface area (Å²) in [6, 6.07) is 23.8. The molecule has 0 bridgehead atoms. The van der Waals surface area contributed by atoms with Crippen molar-refractivity contribution in [3.05, 3.63) is 118 Å². The summed E-state index contributed by atoms with van der Waals surface area (Å²) in [6.07, 6.45) is 4.26. The second kappa shape index (κ2) is 15.6. The molecule has 0 aliphatic carbocycles. The van der Waals surface area contributed by atoms with Gasteiger partial charge in [-0.15, -0.1) is 6.58 Å². The zero-order chi connectivity index (χ0) is 26.4. The molecule has 0 radical (unpaired) electrons. The third kappa shape index (κ3) is 10.0.